The van der Waals surface area contributed by atoms with Crippen LogP contribution in [0.5, 0.6) is 0 Å². The van der Waals surface area contributed by atoms with Gasteiger partial charge in [0.05, 0.1) is 0 Å². The standard InChI is InChI=1S/C2H7NO2S.CH3.W/c1-3(2)6(4)5;;/h1-2H3,(H,4,5);1H3;/q;-1;+2/p-1. The third-order valence-electron chi connectivity index (χ3n) is 0.298. The second-order valence-electron chi connectivity index (χ2n) is 1.03. The Balaban J connectivity index is -0.000000125. The minimum absolute atomic E-state index is 0. The predicted octanol–water partition coefficient (Wildman–Crippen LogP) is -0.210. The van der Waals surface area contributed by atoms with Crippen molar-refractivity contribution in [1.29, 1.82) is 0 Å². The minimum Gasteiger partial charge on any atom is -0.760 e. The van der Waals surface area contributed by atoms with Crippen molar-refractivity contribution in [2.75, 3.05) is 14.1 Å². The van der Waals surface area contributed by atoms with Gasteiger partial charge >= 0.3 is 21.1 Å². The first-order valence-corrected chi connectivity index (χ1v) is 2.44. The first-order valence-electron chi connectivity index (χ1n) is 1.41. The molecule has 0 aromatic heterocycles. The SMILES string of the molecule is CN(C)S(=O)[O-].[CH3-].[W+2]. The van der Waals surface area contributed by atoms with Gasteiger partial charge in [0, 0.05) is 11.3 Å². The van der Waals surface area contributed by atoms with Crippen LogP contribution in [0.25, 0.3) is 0 Å². The molecule has 0 amide bonds. The van der Waals surface area contributed by atoms with Gasteiger partial charge in [-0.15, -0.1) is 0 Å². The summed E-state index contributed by atoms with van der Waals surface area (Å²) < 4.78 is 20.3. The molecule has 0 aromatic rings. The van der Waals surface area contributed by atoms with Gasteiger partial charge in [-0.1, -0.05) is 0 Å². The zero-order valence-corrected chi connectivity index (χ0v) is 8.83. The van der Waals surface area contributed by atoms with Crippen LogP contribution in [0.15, 0.2) is 0 Å². The summed E-state index contributed by atoms with van der Waals surface area (Å²) >= 11 is -2.03. The van der Waals surface area contributed by atoms with Crippen molar-refractivity contribution in [3.05, 3.63) is 7.43 Å². The zero-order valence-electron chi connectivity index (χ0n) is 5.08. The van der Waals surface area contributed by atoms with E-state index >= 15 is 0 Å². The molecule has 0 radical (unpaired) electrons. The van der Waals surface area contributed by atoms with Crippen molar-refractivity contribution in [3.63, 3.8) is 0 Å². The summed E-state index contributed by atoms with van der Waals surface area (Å²) in [6, 6.07) is 0. The molecule has 50 valence electrons. The third-order valence-corrected chi connectivity index (χ3v) is 0.894. The maximum absolute atomic E-state index is 9.62. The van der Waals surface area contributed by atoms with Crippen LogP contribution in [-0.4, -0.2) is 27.2 Å². The molecule has 0 aliphatic rings. The molecule has 0 bridgehead atoms. The summed E-state index contributed by atoms with van der Waals surface area (Å²) in [7, 11) is 2.92. The smallest absolute Gasteiger partial charge is 0.760 e. The molecule has 1 unspecified atom stereocenters. The van der Waals surface area contributed by atoms with E-state index in [0.717, 1.165) is 4.31 Å². The van der Waals surface area contributed by atoms with E-state index in [0.29, 0.717) is 0 Å². The summed E-state index contributed by atoms with van der Waals surface area (Å²) in [6.45, 7) is 0. The Bertz CT molecular complexity index is 68.3. The summed E-state index contributed by atoms with van der Waals surface area (Å²) in [6.07, 6.45) is 0. The van der Waals surface area contributed by atoms with E-state index in [1.54, 1.807) is 0 Å². The van der Waals surface area contributed by atoms with E-state index in [-0.39, 0.29) is 28.5 Å². The first kappa shape index (κ1) is 15.9. The van der Waals surface area contributed by atoms with Gasteiger partial charge in [-0.3, -0.25) is 4.21 Å². The minimum atomic E-state index is -2.03. The van der Waals surface area contributed by atoms with Crippen LogP contribution in [0.1, 0.15) is 0 Å². The van der Waals surface area contributed by atoms with Gasteiger partial charge in [0.1, 0.15) is 0 Å². The first-order chi connectivity index (χ1) is 2.64. The van der Waals surface area contributed by atoms with Gasteiger partial charge in [0.15, 0.2) is 0 Å². The van der Waals surface area contributed by atoms with Crippen LogP contribution in [0.3, 0.4) is 0 Å². The van der Waals surface area contributed by atoms with Crippen molar-refractivity contribution < 1.29 is 29.8 Å². The fraction of sp³-hybridized carbons (Fsp3) is 0.667. The fourth-order valence-corrected chi connectivity index (χ4v) is 0. The average molecular weight is 307 g/mol. The summed E-state index contributed by atoms with van der Waals surface area (Å²) in [5.74, 6) is 0. The normalized spacial score (nSPS) is 11.5. The van der Waals surface area contributed by atoms with Crippen LogP contribution in [0.4, 0.5) is 0 Å². The molecule has 8 heavy (non-hydrogen) atoms. The van der Waals surface area contributed by atoms with E-state index in [2.05, 4.69) is 0 Å². The maximum atomic E-state index is 9.62. The molecular formula is C3H9NO2SW. The van der Waals surface area contributed by atoms with Gasteiger partial charge in [-0.05, 0) is 14.1 Å². The topological polar surface area (TPSA) is 43.4 Å². The van der Waals surface area contributed by atoms with E-state index in [4.69, 9.17) is 0 Å². The molecule has 1 atom stereocenters. The second kappa shape index (κ2) is 7.76. The molecule has 5 heteroatoms. The number of hydrogen-bond acceptors (Lipinski definition) is 2. The van der Waals surface area contributed by atoms with Crippen molar-refractivity contribution >= 4 is 11.3 Å². The molecule has 0 spiro atoms. The van der Waals surface area contributed by atoms with E-state index in [9.17, 15) is 8.76 Å². The van der Waals surface area contributed by atoms with Gasteiger partial charge < -0.3 is 12.0 Å². The van der Waals surface area contributed by atoms with Crippen molar-refractivity contribution in [2.45, 2.75) is 0 Å². The fourth-order valence-electron chi connectivity index (χ4n) is 0. The molecule has 0 aliphatic carbocycles. The Morgan fingerprint density at radius 2 is 1.62 bits per heavy atom. The van der Waals surface area contributed by atoms with Gasteiger partial charge in [0.25, 0.3) is 0 Å². The number of rotatable bonds is 1. The molecule has 0 N–H and O–H groups in total. The maximum Gasteiger partial charge on any atom is 2.00 e. The van der Waals surface area contributed by atoms with Crippen molar-refractivity contribution in [1.82, 2.24) is 4.31 Å². The molecule has 0 saturated carbocycles. The van der Waals surface area contributed by atoms with E-state index in [1.165, 1.54) is 14.1 Å². The van der Waals surface area contributed by atoms with Crippen LogP contribution in [-0.2, 0) is 32.3 Å². The largest absolute Gasteiger partial charge is 2.00 e. The average Bonchev–Trinajstić information content (AvgIpc) is 1.36. The predicted molar refractivity (Wildman–Crippen MR) is 29.0 cm³/mol. The Labute approximate surface area is 67.1 Å². The van der Waals surface area contributed by atoms with Gasteiger partial charge in [0.2, 0.25) is 0 Å². The monoisotopic (exact) mass is 307 g/mol. The van der Waals surface area contributed by atoms with Gasteiger partial charge in [-0.2, -0.15) is 0 Å². The van der Waals surface area contributed by atoms with Crippen molar-refractivity contribution in [2.24, 2.45) is 0 Å². The molecule has 0 saturated heterocycles. The molecule has 0 aromatic carbocycles. The Morgan fingerprint density at radius 1 is 1.50 bits per heavy atom. The molecule has 0 heterocycles. The van der Waals surface area contributed by atoms with Crippen molar-refractivity contribution in [3.8, 4) is 0 Å². The van der Waals surface area contributed by atoms with E-state index in [1.807, 2.05) is 0 Å². The summed E-state index contributed by atoms with van der Waals surface area (Å²) in [5, 5.41) is 0. The third kappa shape index (κ3) is 9.90. The van der Waals surface area contributed by atoms with Gasteiger partial charge in [-0.25, -0.2) is 4.31 Å². The Kier molecular flexibility index (Phi) is 15.4. The quantitative estimate of drug-likeness (QED) is 0.497. The Morgan fingerprint density at radius 3 is 1.62 bits per heavy atom. The number of nitrogens with zero attached hydrogens (tertiary/aromatic N) is 1. The molecule has 0 rings (SSSR count). The number of hydrogen-bond donors (Lipinski definition) is 0. The van der Waals surface area contributed by atoms with Crippen LogP contribution >= 0.6 is 0 Å². The molecular weight excluding hydrogens is 298 g/mol. The Hall–Kier alpha value is 0.758. The van der Waals surface area contributed by atoms with Crippen LogP contribution in [0, 0.1) is 7.43 Å². The zero-order chi connectivity index (χ0) is 5.15. The molecule has 0 aliphatic heterocycles. The molecule has 3 nitrogen and oxygen atoms in total. The summed E-state index contributed by atoms with van der Waals surface area (Å²) in [5.41, 5.74) is 0. The molecule has 0 fully saturated rings. The summed E-state index contributed by atoms with van der Waals surface area (Å²) in [4.78, 5) is 0. The van der Waals surface area contributed by atoms with Crippen LogP contribution < -0.4 is 0 Å². The van der Waals surface area contributed by atoms with Crippen LogP contribution in [0.2, 0.25) is 0 Å². The second-order valence-corrected chi connectivity index (χ2v) is 2.19. The van der Waals surface area contributed by atoms with E-state index < -0.39 is 11.3 Å².